The van der Waals surface area contributed by atoms with E-state index in [0.29, 0.717) is 0 Å². The summed E-state index contributed by atoms with van der Waals surface area (Å²) in [6.45, 7) is 0. The van der Waals surface area contributed by atoms with Crippen molar-refractivity contribution >= 4 is 59.9 Å². The first-order valence-electron chi connectivity index (χ1n) is 4.01. The normalized spacial score (nSPS) is 10.1. The highest BCUT2D eigenvalue weighted by Gasteiger charge is 2.07. The lowest BCUT2D eigenvalue weighted by atomic mass is 10.1. The Balaban J connectivity index is 0.000000653. The number of benzene rings is 2. The molecule has 1 heterocycles. The van der Waals surface area contributed by atoms with Gasteiger partial charge in [0.1, 0.15) is 0 Å². The summed E-state index contributed by atoms with van der Waals surface area (Å²) in [5.74, 6) is 0. The van der Waals surface area contributed by atoms with Crippen molar-refractivity contribution in [2.24, 2.45) is 4.99 Å². The molecule has 0 saturated heterocycles. The second kappa shape index (κ2) is 5.36. The van der Waals surface area contributed by atoms with Crippen molar-refractivity contribution < 1.29 is 0 Å². The summed E-state index contributed by atoms with van der Waals surface area (Å²) in [4.78, 5) is 4.32. The molecule has 0 fully saturated rings. The molecule has 2 aromatic carbocycles. The molecule has 1 aliphatic heterocycles. The van der Waals surface area contributed by atoms with E-state index in [4.69, 9.17) is 0 Å². The summed E-state index contributed by atoms with van der Waals surface area (Å²) >= 11 is 0. The molecule has 0 amide bonds. The molecular weight excluding hydrogens is 252 g/mol. The zero-order valence-corrected chi connectivity index (χ0v) is 10.2. The predicted molar refractivity (Wildman–Crippen MR) is 72.9 cm³/mol. The standard InChI is InChI=1S/C11H7N.3ClH/c1-3-8-4-2-6-10-11(8)9(5-1)7-12-10;;;/h1-7H;3*1H. The largest absolute Gasteiger partial charge is 0.256 e. The number of hydrogen-bond acceptors (Lipinski definition) is 1. The molecule has 0 unspecified atom stereocenters. The first-order valence-corrected chi connectivity index (χ1v) is 4.01. The van der Waals surface area contributed by atoms with Gasteiger partial charge in [-0.2, -0.15) is 0 Å². The SMILES string of the molecule is C1=Nc2cccc3cccc1c23.Cl.Cl.Cl. The molecule has 0 saturated carbocycles. The molecule has 4 heteroatoms. The highest BCUT2D eigenvalue weighted by Crippen LogP contribution is 2.32. The first-order chi connectivity index (χ1) is 5.95. The zero-order valence-electron chi connectivity index (χ0n) is 7.71. The van der Waals surface area contributed by atoms with Gasteiger partial charge in [0, 0.05) is 17.2 Å². The third-order valence-corrected chi connectivity index (χ3v) is 2.26. The summed E-state index contributed by atoms with van der Waals surface area (Å²) in [6, 6.07) is 12.5. The molecule has 0 atom stereocenters. The van der Waals surface area contributed by atoms with Gasteiger partial charge < -0.3 is 0 Å². The van der Waals surface area contributed by atoms with E-state index >= 15 is 0 Å². The van der Waals surface area contributed by atoms with E-state index in [0.717, 1.165) is 5.69 Å². The Morgan fingerprint density at radius 1 is 0.800 bits per heavy atom. The van der Waals surface area contributed by atoms with Crippen molar-refractivity contribution in [3.63, 3.8) is 0 Å². The van der Waals surface area contributed by atoms with Crippen LogP contribution >= 0.6 is 37.2 Å². The molecule has 0 aromatic heterocycles. The van der Waals surface area contributed by atoms with Gasteiger partial charge in [0.2, 0.25) is 0 Å². The maximum Gasteiger partial charge on any atom is 0.0714 e. The van der Waals surface area contributed by atoms with Gasteiger partial charge in [-0.15, -0.1) is 37.2 Å². The quantitative estimate of drug-likeness (QED) is 0.577. The Morgan fingerprint density at radius 3 is 2.20 bits per heavy atom. The van der Waals surface area contributed by atoms with Gasteiger partial charge in [0.05, 0.1) is 5.69 Å². The van der Waals surface area contributed by atoms with Crippen LogP contribution in [-0.4, -0.2) is 6.21 Å². The Kier molecular flexibility index (Phi) is 5.09. The molecule has 0 radical (unpaired) electrons. The molecule has 0 bridgehead atoms. The Labute approximate surface area is 107 Å². The van der Waals surface area contributed by atoms with Crippen molar-refractivity contribution in [3.05, 3.63) is 42.0 Å². The maximum absolute atomic E-state index is 4.32. The van der Waals surface area contributed by atoms with Crippen molar-refractivity contribution in [2.45, 2.75) is 0 Å². The van der Waals surface area contributed by atoms with Crippen LogP contribution in [0.3, 0.4) is 0 Å². The topological polar surface area (TPSA) is 12.4 Å². The highest BCUT2D eigenvalue weighted by atomic mass is 35.5. The summed E-state index contributed by atoms with van der Waals surface area (Å²) in [7, 11) is 0. The fourth-order valence-corrected chi connectivity index (χ4v) is 1.70. The summed E-state index contributed by atoms with van der Waals surface area (Å²) < 4.78 is 0. The van der Waals surface area contributed by atoms with Gasteiger partial charge in [-0.05, 0) is 11.5 Å². The lowest BCUT2D eigenvalue weighted by Crippen LogP contribution is -1.76. The van der Waals surface area contributed by atoms with Crippen LogP contribution < -0.4 is 0 Å². The average molecular weight is 263 g/mol. The predicted octanol–water partition coefficient (Wildman–Crippen LogP) is 4.17. The van der Waals surface area contributed by atoms with Crippen LogP contribution in [0.1, 0.15) is 5.56 Å². The molecule has 0 N–H and O–H groups in total. The Bertz CT molecular complexity index is 453. The molecule has 1 aliphatic rings. The summed E-state index contributed by atoms with van der Waals surface area (Å²) in [6.07, 6.45) is 1.93. The second-order valence-electron chi connectivity index (χ2n) is 2.98. The fraction of sp³-hybridized carbons (Fsp3) is 0. The van der Waals surface area contributed by atoms with E-state index in [2.05, 4.69) is 35.3 Å². The Hall–Kier alpha value is -0.760. The minimum atomic E-state index is 0. The fourth-order valence-electron chi connectivity index (χ4n) is 1.70. The summed E-state index contributed by atoms with van der Waals surface area (Å²) in [5, 5.41) is 2.57. The van der Waals surface area contributed by atoms with E-state index < -0.39 is 0 Å². The van der Waals surface area contributed by atoms with Crippen LogP contribution in [-0.2, 0) is 0 Å². The lowest BCUT2D eigenvalue weighted by Gasteiger charge is -1.97. The average Bonchev–Trinajstić information content (AvgIpc) is 2.52. The van der Waals surface area contributed by atoms with Gasteiger partial charge >= 0.3 is 0 Å². The molecule has 15 heavy (non-hydrogen) atoms. The van der Waals surface area contributed by atoms with Crippen LogP contribution in [0.4, 0.5) is 5.69 Å². The van der Waals surface area contributed by atoms with Crippen LogP contribution in [0.25, 0.3) is 10.8 Å². The van der Waals surface area contributed by atoms with E-state index in [1.54, 1.807) is 0 Å². The molecule has 1 nitrogen and oxygen atoms in total. The molecular formula is C11H10Cl3N. The maximum atomic E-state index is 4.32. The highest BCUT2D eigenvalue weighted by molar-refractivity contribution is 6.10. The van der Waals surface area contributed by atoms with Crippen LogP contribution in [0, 0.1) is 0 Å². The minimum absolute atomic E-state index is 0. The minimum Gasteiger partial charge on any atom is -0.256 e. The second-order valence-corrected chi connectivity index (χ2v) is 2.98. The number of aliphatic imine (C=N–C) groups is 1. The van der Waals surface area contributed by atoms with Crippen molar-refractivity contribution in [2.75, 3.05) is 0 Å². The zero-order chi connectivity index (χ0) is 7.97. The van der Waals surface area contributed by atoms with Crippen LogP contribution in [0.15, 0.2) is 41.4 Å². The first kappa shape index (κ1) is 14.2. The van der Waals surface area contributed by atoms with Crippen molar-refractivity contribution in [3.8, 4) is 0 Å². The molecule has 0 aliphatic carbocycles. The lowest BCUT2D eigenvalue weighted by molar-refractivity contribution is 1.63. The number of halogens is 3. The third kappa shape index (κ3) is 2.10. The molecule has 80 valence electrons. The molecule has 2 aromatic rings. The third-order valence-electron chi connectivity index (χ3n) is 2.26. The Morgan fingerprint density at radius 2 is 1.47 bits per heavy atom. The van der Waals surface area contributed by atoms with E-state index in [9.17, 15) is 0 Å². The van der Waals surface area contributed by atoms with E-state index in [1.165, 1.54) is 16.3 Å². The number of rotatable bonds is 0. The van der Waals surface area contributed by atoms with Gasteiger partial charge in [0.15, 0.2) is 0 Å². The van der Waals surface area contributed by atoms with E-state index in [1.807, 2.05) is 12.3 Å². The molecule has 3 rings (SSSR count). The number of nitrogens with zero attached hydrogens (tertiary/aromatic N) is 1. The van der Waals surface area contributed by atoms with Crippen LogP contribution in [0.5, 0.6) is 0 Å². The van der Waals surface area contributed by atoms with Gasteiger partial charge in [0.25, 0.3) is 0 Å². The number of hydrogen-bond donors (Lipinski definition) is 0. The summed E-state index contributed by atoms with van der Waals surface area (Å²) in [5.41, 5.74) is 2.34. The van der Waals surface area contributed by atoms with Gasteiger partial charge in [-0.25, -0.2) is 0 Å². The van der Waals surface area contributed by atoms with Crippen LogP contribution in [0.2, 0.25) is 0 Å². The monoisotopic (exact) mass is 261 g/mol. The van der Waals surface area contributed by atoms with Crippen molar-refractivity contribution in [1.29, 1.82) is 0 Å². The smallest absolute Gasteiger partial charge is 0.0714 e. The van der Waals surface area contributed by atoms with Gasteiger partial charge in [-0.3, -0.25) is 4.99 Å². The van der Waals surface area contributed by atoms with Gasteiger partial charge in [-0.1, -0.05) is 30.3 Å². The van der Waals surface area contributed by atoms with Crippen molar-refractivity contribution in [1.82, 2.24) is 0 Å². The van der Waals surface area contributed by atoms with E-state index in [-0.39, 0.29) is 37.2 Å². The molecule has 0 spiro atoms.